The van der Waals surface area contributed by atoms with Gasteiger partial charge < -0.3 is 10.6 Å². The fourth-order valence-electron chi connectivity index (χ4n) is 2.48. The number of carbonyl (C=O) groups is 2. The lowest BCUT2D eigenvalue weighted by molar-refractivity contribution is -0.119. The first-order valence-electron chi connectivity index (χ1n) is 8.27. The minimum atomic E-state index is -0.412. The van der Waals surface area contributed by atoms with Crippen molar-refractivity contribution in [3.63, 3.8) is 0 Å². The van der Waals surface area contributed by atoms with Gasteiger partial charge >= 0.3 is 0 Å². The second-order valence-corrected chi connectivity index (χ2v) is 6.31. The number of carbonyl (C=O) groups excluding carboxylic acids is 2. The Labute approximate surface area is 161 Å². The quantitative estimate of drug-likeness (QED) is 0.709. The van der Waals surface area contributed by atoms with Crippen LogP contribution in [0.5, 0.6) is 0 Å². The van der Waals surface area contributed by atoms with Gasteiger partial charge in [-0.3, -0.25) is 9.59 Å². The number of rotatable bonds is 5. The molecule has 0 fully saturated rings. The van der Waals surface area contributed by atoms with Gasteiger partial charge in [0, 0.05) is 17.8 Å². The molecule has 138 valence electrons. The van der Waals surface area contributed by atoms with Crippen LogP contribution in [-0.2, 0) is 11.2 Å². The van der Waals surface area contributed by atoms with Crippen molar-refractivity contribution in [3.05, 3.63) is 70.8 Å². The molecule has 0 saturated heterocycles. The van der Waals surface area contributed by atoms with E-state index >= 15 is 0 Å². The van der Waals surface area contributed by atoms with Crippen molar-refractivity contribution in [1.29, 1.82) is 0 Å². The van der Waals surface area contributed by atoms with Crippen LogP contribution in [0.4, 0.5) is 5.69 Å². The van der Waals surface area contributed by atoms with Crippen molar-refractivity contribution in [1.82, 2.24) is 20.1 Å². The van der Waals surface area contributed by atoms with Gasteiger partial charge in [-0.25, -0.2) is 9.67 Å². The van der Waals surface area contributed by atoms with Crippen molar-refractivity contribution in [3.8, 4) is 5.69 Å². The van der Waals surface area contributed by atoms with Crippen LogP contribution in [0.15, 0.2) is 48.5 Å². The monoisotopic (exact) mass is 383 g/mol. The van der Waals surface area contributed by atoms with Crippen molar-refractivity contribution < 1.29 is 9.59 Å². The number of nitrogens with one attached hydrogen (secondary N) is 2. The van der Waals surface area contributed by atoms with E-state index in [4.69, 9.17) is 11.6 Å². The third-order valence-electron chi connectivity index (χ3n) is 3.90. The highest BCUT2D eigenvalue weighted by molar-refractivity contribution is 6.30. The minimum absolute atomic E-state index is 0.0666. The second-order valence-electron chi connectivity index (χ2n) is 5.87. The van der Waals surface area contributed by atoms with E-state index in [1.807, 2.05) is 0 Å². The van der Waals surface area contributed by atoms with Crippen LogP contribution < -0.4 is 10.6 Å². The number of aryl methyl sites for hydroxylation is 1. The number of aromatic nitrogens is 3. The molecule has 0 unspecified atom stereocenters. The maximum Gasteiger partial charge on any atom is 0.295 e. The predicted molar refractivity (Wildman–Crippen MR) is 103 cm³/mol. The van der Waals surface area contributed by atoms with Crippen LogP contribution in [-0.4, -0.2) is 33.6 Å². The summed E-state index contributed by atoms with van der Waals surface area (Å²) in [6, 6.07) is 14.1. The van der Waals surface area contributed by atoms with Gasteiger partial charge in [-0.05, 0) is 48.9 Å². The van der Waals surface area contributed by atoms with E-state index in [0.29, 0.717) is 16.5 Å². The Bertz CT molecular complexity index is 965. The van der Waals surface area contributed by atoms with E-state index in [1.165, 1.54) is 0 Å². The summed E-state index contributed by atoms with van der Waals surface area (Å²) in [7, 11) is 1.59. The van der Waals surface area contributed by atoms with Crippen LogP contribution >= 0.6 is 11.6 Å². The Balaban J connectivity index is 1.72. The number of anilines is 1. The molecule has 0 bridgehead atoms. The zero-order chi connectivity index (χ0) is 19.4. The van der Waals surface area contributed by atoms with Crippen LogP contribution in [0.2, 0.25) is 5.02 Å². The molecule has 2 aromatic carbocycles. The summed E-state index contributed by atoms with van der Waals surface area (Å²) < 4.78 is 1.58. The van der Waals surface area contributed by atoms with Gasteiger partial charge in [-0.1, -0.05) is 23.7 Å². The SMILES string of the molecule is CNC(=O)Cc1ccc(NC(=O)c2nc(C)n(-c3ccc(Cl)cc3)n2)cc1. The fourth-order valence-corrected chi connectivity index (χ4v) is 2.61. The Morgan fingerprint density at radius 2 is 1.74 bits per heavy atom. The second kappa shape index (κ2) is 8.01. The molecule has 1 aromatic heterocycles. The fraction of sp³-hybridized carbons (Fsp3) is 0.158. The molecule has 3 aromatic rings. The molecule has 0 aliphatic heterocycles. The topological polar surface area (TPSA) is 88.9 Å². The van der Waals surface area contributed by atoms with Crippen LogP contribution in [0.25, 0.3) is 5.69 Å². The van der Waals surface area contributed by atoms with Crippen molar-refractivity contribution in [2.24, 2.45) is 0 Å². The van der Waals surface area contributed by atoms with Gasteiger partial charge in [0.05, 0.1) is 12.1 Å². The van der Waals surface area contributed by atoms with Gasteiger partial charge in [0.1, 0.15) is 5.82 Å². The maximum absolute atomic E-state index is 12.4. The molecule has 0 aliphatic rings. The molecule has 8 heteroatoms. The van der Waals surface area contributed by atoms with E-state index < -0.39 is 5.91 Å². The van der Waals surface area contributed by atoms with Crippen LogP contribution in [0, 0.1) is 6.92 Å². The molecule has 0 aliphatic carbocycles. The molecular weight excluding hydrogens is 366 g/mol. The number of nitrogens with zero attached hydrogens (tertiary/aromatic N) is 3. The molecule has 0 spiro atoms. The van der Waals surface area contributed by atoms with E-state index in [-0.39, 0.29) is 18.2 Å². The Kier molecular flexibility index (Phi) is 5.52. The zero-order valence-electron chi connectivity index (χ0n) is 14.9. The maximum atomic E-state index is 12.4. The summed E-state index contributed by atoms with van der Waals surface area (Å²) in [5.74, 6) is 0.171. The zero-order valence-corrected chi connectivity index (χ0v) is 15.6. The Morgan fingerprint density at radius 3 is 2.37 bits per heavy atom. The molecule has 0 saturated carbocycles. The standard InChI is InChI=1S/C19H18ClN5O2/c1-12-22-18(24-25(12)16-9-5-14(20)6-10-16)19(27)23-15-7-3-13(4-8-15)11-17(26)21-2/h3-10H,11H2,1-2H3,(H,21,26)(H,23,27). The van der Waals surface area contributed by atoms with Crippen LogP contribution in [0.1, 0.15) is 22.0 Å². The molecule has 3 rings (SSSR count). The number of likely N-dealkylation sites (N-methyl/N-ethyl adjacent to an activating group) is 1. The first-order valence-corrected chi connectivity index (χ1v) is 8.64. The Morgan fingerprint density at radius 1 is 1.07 bits per heavy atom. The average molecular weight is 384 g/mol. The number of hydrogen-bond donors (Lipinski definition) is 2. The summed E-state index contributed by atoms with van der Waals surface area (Å²) in [4.78, 5) is 28.1. The van der Waals surface area contributed by atoms with E-state index in [0.717, 1.165) is 11.3 Å². The average Bonchev–Trinajstić information content (AvgIpc) is 3.06. The van der Waals surface area contributed by atoms with Gasteiger partial charge in [-0.15, -0.1) is 5.10 Å². The van der Waals surface area contributed by atoms with Gasteiger partial charge in [-0.2, -0.15) is 0 Å². The molecule has 0 radical (unpaired) electrons. The summed E-state index contributed by atoms with van der Waals surface area (Å²) in [6.07, 6.45) is 0.289. The number of amides is 2. The lowest BCUT2D eigenvalue weighted by Gasteiger charge is -2.05. The first-order chi connectivity index (χ1) is 13.0. The van der Waals surface area contributed by atoms with E-state index in [9.17, 15) is 9.59 Å². The lowest BCUT2D eigenvalue weighted by Crippen LogP contribution is -2.20. The summed E-state index contributed by atoms with van der Waals surface area (Å²) in [5.41, 5.74) is 2.22. The molecule has 27 heavy (non-hydrogen) atoms. The highest BCUT2D eigenvalue weighted by atomic mass is 35.5. The summed E-state index contributed by atoms with van der Waals surface area (Å²) in [5, 5.41) is 10.2. The molecular formula is C19H18ClN5O2. The molecule has 1 heterocycles. The number of benzene rings is 2. The van der Waals surface area contributed by atoms with E-state index in [1.54, 1.807) is 67.2 Å². The molecule has 2 N–H and O–H groups in total. The largest absolute Gasteiger partial charge is 0.359 e. The lowest BCUT2D eigenvalue weighted by atomic mass is 10.1. The van der Waals surface area contributed by atoms with E-state index in [2.05, 4.69) is 20.7 Å². The van der Waals surface area contributed by atoms with Gasteiger partial charge in [0.2, 0.25) is 11.7 Å². The summed E-state index contributed by atoms with van der Waals surface area (Å²) >= 11 is 5.90. The predicted octanol–water partition coefficient (Wildman–Crippen LogP) is 2.77. The van der Waals surface area contributed by atoms with Crippen LogP contribution in [0.3, 0.4) is 0 Å². The number of hydrogen-bond acceptors (Lipinski definition) is 4. The third kappa shape index (κ3) is 4.51. The van der Waals surface area contributed by atoms with Gasteiger partial charge in [0.15, 0.2) is 0 Å². The normalized spacial score (nSPS) is 10.5. The molecule has 7 nitrogen and oxygen atoms in total. The minimum Gasteiger partial charge on any atom is -0.359 e. The highest BCUT2D eigenvalue weighted by Gasteiger charge is 2.15. The number of halogens is 1. The van der Waals surface area contributed by atoms with Crippen molar-refractivity contribution in [2.45, 2.75) is 13.3 Å². The smallest absolute Gasteiger partial charge is 0.295 e. The third-order valence-corrected chi connectivity index (χ3v) is 4.15. The molecule has 0 atom stereocenters. The van der Waals surface area contributed by atoms with Gasteiger partial charge in [0.25, 0.3) is 5.91 Å². The van der Waals surface area contributed by atoms with Crippen molar-refractivity contribution >= 4 is 29.1 Å². The first kappa shape index (κ1) is 18.6. The van der Waals surface area contributed by atoms with Crippen molar-refractivity contribution in [2.75, 3.05) is 12.4 Å². The molecule has 2 amide bonds. The Hall–Kier alpha value is -3.19. The summed E-state index contributed by atoms with van der Waals surface area (Å²) in [6.45, 7) is 1.77. The highest BCUT2D eigenvalue weighted by Crippen LogP contribution is 2.15.